The maximum Gasteiger partial charge on any atom is 0.0549 e. The topological polar surface area (TPSA) is 9.86 Å². The predicted molar refractivity (Wildman–Crippen MR) is 211 cm³/mol. The first-order valence-electron chi connectivity index (χ1n) is 16.8. The molecule has 0 unspecified atom stereocenters. The van der Waals surface area contributed by atoms with Crippen LogP contribution >= 0.6 is 11.3 Å². The minimum atomic E-state index is 1.17. The zero-order chi connectivity index (χ0) is 32.1. The lowest BCUT2D eigenvalue weighted by atomic mass is 9.95. The molecule has 8 aromatic carbocycles. The second-order valence-electron chi connectivity index (χ2n) is 12.9. The molecule has 0 amide bonds. The number of aromatic nitrogens is 2. The van der Waals surface area contributed by atoms with Crippen LogP contribution in [0.1, 0.15) is 0 Å². The molecule has 0 atom stereocenters. The van der Waals surface area contributed by atoms with E-state index in [1.807, 2.05) is 11.3 Å². The standard InChI is InChI=1S/C46H28N2S/c1-2-13-29(14-3-1)47-40-22-9-6-17-33(40)38-28-44-39(27-43(38)47)34-18-7-10-23-41(34)48(44)42-26-25-31(30-15-4-5-16-32(30)42)36-20-12-21-37-35-19-8-11-24-45(35)49-46(36)37/h1-28H. The quantitative estimate of drug-likeness (QED) is 0.182. The van der Waals surface area contributed by atoms with E-state index in [4.69, 9.17) is 0 Å². The van der Waals surface area contributed by atoms with Crippen LogP contribution in [0.4, 0.5) is 0 Å². The Bertz CT molecular complexity index is 3100. The van der Waals surface area contributed by atoms with Gasteiger partial charge in [0.2, 0.25) is 0 Å². The van der Waals surface area contributed by atoms with Crippen molar-refractivity contribution in [3.05, 3.63) is 170 Å². The van der Waals surface area contributed by atoms with Crippen LogP contribution < -0.4 is 0 Å². The molecule has 0 aliphatic heterocycles. The minimum absolute atomic E-state index is 1.17. The van der Waals surface area contributed by atoms with E-state index in [0.717, 1.165) is 0 Å². The second-order valence-corrected chi connectivity index (χ2v) is 13.9. The van der Waals surface area contributed by atoms with Gasteiger partial charge in [-0.25, -0.2) is 0 Å². The SMILES string of the molecule is c1ccc(-n2c3ccccc3c3cc4c(cc32)c2ccccc2n4-c2ccc(-c3cccc4c3sc3ccccc34)c3ccccc23)cc1. The first-order chi connectivity index (χ1) is 24.3. The van der Waals surface area contributed by atoms with Crippen molar-refractivity contribution in [2.75, 3.05) is 0 Å². The Morgan fingerprint density at radius 2 is 0.898 bits per heavy atom. The van der Waals surface area contributed by atoms with E-state index in [0.29, 0.717) is 0 Å². The van der Waals surface area contributed by atoms with Gasteiger partial charge in [0.1, 0.15) is 0 Å². The van der Waals surface area contributed by atoms with E-state index in [1.165, 1.54) is 97.1 Å². The van der Waals surface area contributed by atoms with Crippen LogP contribution in [0.25, 0.3) is 97.1 Å². The summed E-state index contributed by atoms with van der Waals surface area (Å²) in [4.78, 5) is 0. The Morgan fingerprint density at radius 3 is 1.65 bits per heavy atom. The summed E-state index contributed by atoms with van der Waals surface area (Å²) >= 11 is 1.89. The van der Waals surface area contributed by atoms with Gasteiger partial charge >= 0.3 is 0 Å². The Kier molecular flexibility index (Phi) is 5.57. The highest BCUT2D eigenvalue weighted by Gasteiger charge is 2.20. The molecule has 3 heteroatoms. The lowest BCUT2D eigenvalue weighted by Gasteiger charge is -2.15. The molecule has 0 bridgehead atoms. The van der Waals surface area contributed by atoms with Crippen molar-refractivity contribution in [3.63, 3.8) is 0 Å². The van der Waals surface area contributed by atoms with E-state index >= 15 is 0 Å². The largest absolute Gasteiger partial charge is 0.309 e. The van der Waals surface area contributed by atoms with Crippen molar-refractivity contribution in [2.45, 2.75) is 0 Å². The van der Waals surface area contributed by atoms with Gasteiger partial charge in [0, 0.05) is 58.4 Å². The van der Waals surface area contributed by atoms with Crippen molar-refractivity contribution in [1.82, 2.24) is 9.13 Å². The molecule has 0 radical (unpaired) electrons. The molecule has 3 heterocycles. The molecule has 0 saturated heterocycles. The Labute approximate surface area is 286 Å². The monoisotopic (exact) mass is 640 g/mol. The average Bonchev–Trinajstić information content (AvgIpc) is 3.81. The third kappa shape index (κ3) is 3.76. The molecule has 228 valence electrons. The molecule has 0 spiro atoms. The predicted octanol–water partition coefficient (Wildman–Crippen LogP) is 13.1. The van der Waals surface area contributed by atoms with E-state index in [2.05, 4.69) is 179 Å². The molecule has 0 saturated carbocycles. The van der Waals surface area contributed by atoms with Gasteiger partial charge < -0.3 is 9.13 Å². The van der Waals surface area contributed by atoms with Gasteiger partial charge in [0.15, 0.2) is 0 Å². The van der Waals surface area contributed by atoms with Crippen molar-refractivity contribution >= 4 is 85.9 Å². The third-order valence-electron chi connectivity index (χ3n) is 10.3. The molecule has 2 nitrogen and oxygen atoms in total. The molecular weight excluding hydrogens is 613 g/mol. The fraction of sp³-hybridized carbons (Fsp3) is 0. The van der Waals surface area contributed by atoms with Crippen LogP contribution in [0.2, 0.25) is 0 Å². The van der Waals surface area contributed by atoms with E-state index in [9.17, 15) is 0 Å². The van der Waals surface area contributed by atoms with Crippen molar-refractivity contribution in [1.29, 1.82) is 0 Å². The summed E-state index contributed by atoms with van der Waals surface area (Å²) in [6, 6.07) is 62.4. The van der Waals surface area contributed by atoms with Crippen molar-refractivity contribution in [2.24, 2.45) is 0 Å². The number of rotatable bonds is 3. The van der Waals surface area contributed by atoms with Crippen LogP contribution in [0.5, 0.6) is 0 Å². The number of benzene rings is 8. The summed E-state index contributed by atoms with van der Waals surface area (Å²) in [5.74, 6) is 0. The summed E-state index contributed by atoms with van der Waals surface area (Å²) in [5.41, 5.74) is 9.80. The highest BCUT2D eigenvalue weighted by Crippen LogP contribution is 2.44. The van der Waals surface area contributed by atoms with Crippen molar-refractivity contribution < 1.29 is 0 Å². The number of para-hydroxylation sites is 3. The summed E-state index contributed by atoms with van der Waals surface area (Å²) in [6.07, 6.45) is 0. The molecule has 3 aromatic heterocycles. The highest BCUT2D eigenvalue weighted by molar-refractivity contribution is 7.26. The number of hydrogen-bond donors (Lipinski definition) is 0. The number of thiophene rings is 1. The highest BCUT2D eigenvalue weighted by atomic mass is 32.1. The normalized spacial score (nSPS) is 12.1. The summed E-state index contributed by atoms with van der Waals surface area (Å²) in [5, 5.41) is 10.2. The maximum atomic E-state index is 2.49. The zero-order valence-electron chi connectivity index (χ0n) is 26.5. The van der Waals surface area contributed by atoms with E-state index in [1.54, 1.807) is 0 Å². The average molecular weight is 641 g/mol. The van der Waals surface area contributed by atoms with E-state index < -0.39 is 0 Å². The summed E-state index contributed by atoms with van der Waals surface area (Å²) < 4.78 is 7.58. The summed E-state index contributed by atoms with van der Waals surface area (Å²) in [6.45, 7) is 0. The van der Waals surface area contributed by atoms with Crippen LogP contribution in [0.15, 0.2) is 170 Å². The number of hydrogen-bond acceptors (Lipinski definition) is 1. The zero-order valence-corrected chi connectivity index (χ0v) is 27.3. The van der Waals surface area contributed by atoms with Gasteiger partial charge in [-0.1, -0.05) is 121 Å². The maximum absolute atomic E-state index is 2.49. The molecule has 49 heavy (non-hydrogen) atoms. The molecular formula is C46H28N2S. The van der Waals surface area contributed by atoms with Crippen molar-refractivity contribution in [3.8, 4) is 22.5 Å². The fourth-order valence-corrected chi connectivity index (χ4v) is 9.45. The van der Waals surface area contributed by atoms with Crippen LogP contribution in [-0.2, 0) is 0 Å². The molecule has 0 aliphatic carbocycles. The van der Waals surface area contributed by atoms with Crippen LogP contribution in [-0.4, -0.2) is 9.13 Å². The molecule has 0 aliphatic rings. The van der Waals surface area contributed by atoms with Gasteiger partial charge in [-0.15, -0.1) is 11.3 Å². The lowest BCUT2D eigenvalue weighted by molar-refractivity contribution is 1.18. The van der Waals surface area contributed by atoms with Gasteiger partial charge in [-0.2, -0.15) is 0 Å². The number of nitrogens with zero attached hydrogens (tertiary/aromatic N) is 2. The van der Waals surface area contributed by atoms with Gasteiger partial charge in [0.05, 0.1) is 27.8 Å². The number of fused-ring (bicyclic) bond motifs is 10. The smallest absolute Gasteiger partial charge is 0.0549 e. The summed E-state index contributed by atoms with van der Waals surface area (Å²) in [7, 11) is 0. The van der Waals surface area contributed by atoms with Crippen LogP contribution in [0, 0.1) is 0 Å². The molecule has 11 aromatic rings. The fourth-order valence-electron chi connectivity index (χ4n) is 8.22. The third-order valence-corrected chi connectivity index (χ3v) is 11.5. The minimum Gasteiger partial charge on any atom is -0.309 e. The Balaban J connectivity index is 1.22. The van der Waals surface area contributed by atoms with Gasteiger partial charge in [0.25, 0.3) is 0 Å². The first-order valence-corrected chi connectivity index (χ1v) is 17.6. The van der Waals surface area contributed by atoms with E-state index in [-0.39, 0.29) is 0 Å². The second kappa shape index (κ2) is 10.2. The first kappa shape index (κ1) is 26.9. The lowest BCUT2D eigenvalue weighted by Crippen LogP contribution is -1.96. The van der Waals surface area contributed by atoms with Crippen LogP contribution in [0.3, 0.4) is 0 Å². The molecule has 0 fully saturated rings. The Morgan fingerprint density at radius 1 is 0.327 bits per heavy atom. The molecule has 0 N–H and O–H groups in total. The Hall–Kier alpha value is -6.16. The van der Waals surface area contributed by atoms with Gasteiger partial charge in [-0.3, -0.25) is 0 Å². The molecule has 11 rings (SSSR count). The van der Waals surface area contributed by atoms with Gasteiger partial charge in [-0.05, 0) is 59.5 Å².